The smallest absolute Gasteiger partial charge is 0.410 e. The van der Waals surface area contributed by atoms with Crippen LogP contribution < -0.4 is 5.32 Å². The van der Waals surface area contributed by atoms with Crippen LogP contribution in [0.3, 0.4) is 0 Å². The highest BCUT2D eigenvalue weighted by Gasteiger charge is 2.44. The van der Waals surface area contributed by atoms with E-state index >= 15 is 0 Å². The number of fused-ring (bicyclic) bond motifs is 2. The number of anilines is 1. The summed E-state index contributed by atoms with van der Waals surface area (Å²) in [5, 5.41) is 2.94. The van der Waals surface area contributed by atoms with Gasteiger partial charge in [-0.3, -0.25) is 9.69 Å². The lowest BCUT2D eigenvalue weighted by atomic mass is 10.0. The van der Waals surface area contributed by atoms with Crippen LogP contribution in [0.5, 0.6) is 0 Å². The van der Waals surface area contributed by atoms with Crippen molar-refractivity contribution in [3.8, 4) is 0 Å². The van der Waals surface area contributed by atoms with E-state index in [1.807, 2.05) is 30.5 Å². The van der Waals surface area contributed by atoms with Crippen LogP contribution >= 0.6 is 0 Å². The molecule has 1 aromatic heterocycles. The molecule has 2 atom stereocenters. The van der Waals surface area contributed by atoms with E-state index in [9.17, 15) is 9.59 Å². The van der Waals surface area contributed by atoms with Gasteiger partial charge >= 0.3 is 6.09 Å². The third kappa shape index (κ3) is 3.19. The van der Waals surface area contributed by atoms with Gasteiger partial charge in [-0.05, 0) is 53.7 Å². The van der Waals surface area contributed by atoms with E-state index in [0.29, 0.717) is 25.3 Å². The molecule has 0 radical (unpaired) electrons. The number of aromatic nitrogens is 1. The molecule has 0 bridgehead atoms. The number of cyclic esters (lactones) is 1. The summed E-state index contributed by atoms with van der Waals surface area (Å²) in [5.41, 5.74) is 5.49. The molecule has 2 N–H and O–H groups in total. The van der Waals surface area contributed by atoms with E-state index in [-0.39, 0.29) is 12.0 Å². The Morgan fingerprint density at radius 3 is 2.77 bits per heavy atom. The summed E-state index contributed by atoms with van der Waals surface area (Å²) in [4.78, 5) is 31.8. The Bertz CT molecular complexity index is 1060. The van der Waals surface area contributed by atoms with Crippen molar-refractivity contribution in [2.24, 2.45) is 11.8 Å². The maximum Gasteiger partial charge on any atom is 0.410 e. The van der Waals surface area contributed by atoms with Gasteiger partial charge in [0.2, 0.25) is 0 Å². The number of likely N-dealkylation sites (tertiary alicyclic amines) is 1. The molecule has 6 rings (SSSR count). The zero-order valence-electron chi connectivity index (χ0n) is 16.7. The van der Waals surface area contributed by atoms with Crippen LogP contribution in [0.25, 0.3) is 11.6 Å². The van der Waals surface area contributed by atoms with Crippen LogP contribution in [0, 0.1) is 11.8 Å². The molecule has 4 heterocycles. The molecular formula is C23H24N4O3. The fourth-order valence-corrected chi connectivity index (χ4v) is 4.94. The number of benzene rings is 1. The van der Waals surface area contributed by atoms with E-state index in [0.717, 1.165) is 40.9 Å². The number of rotatable bonds is 5. The molecule has 7 heteroatoms. The zero-order chi connectivity index (χ0) is 20.2. The van der Waals surface area contributed by atoms with Gasteiger partial charge in [0.05, 0.1) is 12.1 Å². The molecule has 1 aromatic carbocycles. The lowest BCUT2D eigenvalue weighted by Gasteiger charge is -2.15. The minimum Gasteiger partial charge on any atom is -0.448 e. The Kier molecular flexibility index (Phi) is 3.99. The Balaban J connectivity index is 1.21. The number of amides is 2. The number of ether oxygens (including phenoxy) is 1. The molecule has 3 aliphatic heterocycles. The predicted molar refractivity (Wildman–Crippen MR) is 112 cm³/mol. The molecule has 4 aliphatic rings. The van der Waals surface area contributed by atoms with Crippen LogP contribution in [0.2, 0.25) is 0 Å². The van der Waals surface area contributed by atoms with Crippen LogP contribution in [0.15, 0.2) is 30.5 Å². The van der Waals surface area contributed by atoms with E-state index in [2.05, 4.69) is 21.3 Å². The van der Waals surface area contributed by atoms with Gasteiger partial charge in [0, 0.05) is 49.3 Å². The van der Waals surface area contributed by atoms with Gasteiger partial charge in [-0.15, -0.1) is 0 Å². The van der Waals surface area contributed by atoms with Gasteiger partial charge in [0.15, 0.2) is 0 Å². The van der Waals surface area contributed by atoms with Crippen molar-refractivity contribution in [2.75, 3.05) is 31.6 Å². The second-order valence-corrected chi connectivity index (χ2v) is 8.84. The standard InChI is InChI=1S/C23H24N4O3/c28-22-20(8-18-5-15(9-24-18)10-26-12-16-7-17(16)13-26)19-6-14(1-2-21(19)25-22)11-27-3-4-30-23(27)29/h1-2,5-6,8-9,16-17,24H,3-4,7,10-13H2,(H,25,28)/t16-,17?/m1/s1. The quantitative estimate of drug-likeness (QED) is 0.752. The molecule has 2 saturated heterocycles. The lowest BCUT2D eigenvalue weighted by molar-refractivity contribution is -0.110. The number of nitrogens with zero attached hydrogens (tertiary/aromatic N) is 2. The van der Waals surface area contributed by atoms with Gasteiger partial charge < -0.3 is 19.9 Å². The third-order valence-corrected chi connectivity index (χ3v) is 6.61. The Morgan fingerprint density at radius 1 is 1.10 bits per heavy atom. The molecule has 3 fully saturated rings. The molecular weight excluding hydrogens is 380 g/mol. The lowest BCUT2D eigenvalue weighted by Crippen LogP contribution is -2.23. The first-order valence-corrected chi connectivity index (χ1v) is 10.6. The summed E-state index contributed by atoms with van der Waals surface area (Å²) in [5.74, 6) is 1.76. The number of carbonyl (C=O) groups excluding carboxylic acids is 2. The molecule has 0 spiro atoms. The Hall–Kier alpha value is -3.06. The second kappa shape index (κ2) is 6.74. The first-order chi connectivity index (χ1) is 14.6. The fraction of sp³-hybridized carbons (Fsp3) is 0.391. The minimum absolute atomic E-state index is 0.0986. The average Bonchev–Trinajstić information content (AvgIpc) is 3.13. The largest absolute Gasteiger partial charge is 0.448 e. The van der Waals surface area contributed by atoms with Crippen molar-refractivity contribution >= 4 is 29.3 Å². The number of aromatic amines is 1. The Labute approximate surface area is 174 Å². The molecule has 30 heavy (non-hydrogen) atoms. The maximum absolute atomic E-state index is 12.6. The molecule has 1 saturated carbocycles. The molecule has 1 aliphatic carbocycles. The third-order valence-electron chi connectivity index (χ3n) is 6.61. The van der Waals surface area contributed by atoms with E-state index in [1.165, 1.54) is 25.1 Å². The van der Waals surface area contributed by atoms with Crippen molar-refractivity contribution in [3.05, 3.63) is 52.8 Å². The summed E-state index contributed by atoms with van der Waals surface area (Å²) in [6.45, 7) is 4.91. The minimum atomic E-state index is -0.283. The molecule has 7 nitrogen and oxygen atoms in total. The first-order valence-electron chi connectivity index (χ1n) is 10.6. The number of carbonyl (C=O) groups is 2. The average molecular weight is 404 g/mol. The summed E-state index contributed by atoms with van der Waals surface area (Å²) in [6, 6.07) is 7.97. The summed E-state index contributed by atoms with van der Waals surface area (Å²) in [6.07, 6.45) is 5.09. The fourth-order valence-electron chi connectivity index (χ4n) is 4.94. The van der Waals surface area contributed by atoms with Crippen molar-refractivity contribution in [1.82, 2.24) is 14.8 Å². The topological polar surface area (TPSA) is 77.7 Å². The van der Waals surface area contributed by atoms with Crippen LogP contribution in [-0.4, -0.2) is 53.0 Å². The summed E-state index contributed by atoms with van der Waals surface area (Å²) >= 11 is 0. The molecule has 2 aromatic rings. The van der Waals surface area contributed by atoms with Crippen LogP contribution in [0.1, 0.15) is 28.8 Å². The monoisotopic (exact) mass is 404 g/mol. The molecule has 1 unspecified atom stereocenters. The van der Waals surface area contributed by atoms with E-state index in [4.69, 9.17) is 4.74 Å². The molecule has 2 amide bonds. The van der Waals surface area contributed by atoms with Crippen molar-refractivity contribution in [3.63, 3.8) is 0 Å². The van der Waals surface area contributed by atoms with Crippen LogP contribution in [0.4, 0.5) is 10.5 Å². The van der Waals surface area contributed by atoms with Crippen molar-refractivity contribution in [1.29, 1.82) is 0 Å². The zero-order valence-corrected chi connectivity index (χ0v) is 16.7. The van der Waals surface area contributed by atoms with E-state index in [1.54, 1.807) is 4.90 Å². The number of nitrogens with one attached hydrogen (secondary N) is 2. The van der Waals surface area contributed by atoms with Crippen molar-refractivity contribution in [2.45, 2.75) is 19.5 Å². The highest BCUT2D eigenvalue weighted by Crippen LogP contribution is 2.45. The second-order valence-electron chi connectivity index (χ2n) is 8.84. The number of piperidine rings is 1. The van der Waals surface area contributed by atoms with Crippen LogP contribution in [-0.2, 0) is 22.6 Å². The van der Waals surface area contributed by atoms with Gasteiger partial charge in [-0.2, -0.15) is 0 Å². The number of hydrogen-bond acceptors (Lipinski definition) is 4. The first kappa shape index (κ1) is 17.8. The normalized spacial score (nSPS) is 26.1. The van der Waals surface area contributed by atoms with Gasteiger partial charge in [-0.25, -0.2) is 4.79 Å². The van der Waals surface area contributed by atoms with Gasteiger partial charge in [0.1, 0.15) is 6.61 Å². The highest BCUT2D eigenvalue weighted by molar-refractivity contribution is 6.34. The summed E-state index contributed by atoms with van der Waals surface area (Å²) < 4.78 is 5.01. The Morgan fingerprint density at radius 2 is 1.97 bits per heavy atom. The predicted octanol–water partition coefficient (Wildman–Crippen LogP) is 2.91. The van der Waals surface area contributed by atoms with Gasteiger partial charge in [-0.1, -0.05) is 6.07 Å². The number of H-pyrrole nitrogens is 1. The maximum atomic E-state index is 12.6. The summed E-state index contributed by atoms with van der Waals surface area (Å²) in [7, 11) is 0. The van der Waals surface area contributed by atoms with Crippen molar-refractivity contribution < 1.29 is 14.3 Å². The van der Waals surface area contributed by atoms with Gasteiger partial charge in [0.25, 0.3) is 5.91 Å². The molecule has 154 valence electrons. The SMILES string of the molecule is O=C1Nc2ccc(CN3CCOC3=O)cc2C1=Cc1cc(CN2CC3C[C@@H]3C2)c[nH]1. The van der Waals surface area contributed by atoms with E-state index < -0.39 is 0 Å². The highest BCUT2D eigenvalue weighted by atomic mass is 16.6. The number of hydrogen-bond donors (Lipinski definition) is 2.